The molecule has 1 spiro atoms. The smallest absolute Gasteiger partial charge is 0.0833 e. The molecule has 0 atom stereocenters. The second kappa shape index (κ2) is 6.58. The van der Waals surface area contributed by atoms with Gasteiger partial charge in [0.15, 0.2) is 0 Å². The van der Waals surface area contributed by atoms with Crippen molar-refractivity contribution >= 4 is 0 Å². The Kier molecular flexibility index (Phi) is 5.73. The summed E-state index contributed by atoms with van der Waals surface area (Å²) in [5, 5.41) is 3.40. The first-order valence-electron chi connectivity index (χ1n) is 6.81. The molecule has 2 fully saturated rings. The zero-order valence-corrected chi connectivity index (χ0v) is 11.4. The number of hydrogen-bond acceptors (Lipinski definition) is 3. The van der Waals surface area contributed by atoms with Gasteiger partial charge in [-0.3, -0.25) is 4.90 Å². The fourth-order valence-corrected chi connectivity index (χ4v) is 2.50. The maximum Gasteiger partial charge on any atom is 0.0833 e. The first-order chi connectivity index (χ1) is 7.72. The number of rotatable bonds is 1. The molecule has 96 valence electrons. The number of piperidine rings is 1. The first kappa shape index (κ1) is 13.9. The van der Waals surface area contributed by atoms with Gasteiger partial charge in [0, 0.05) is 19.1 Å². The van der Waals surface area contributed by atoms with Crippen LogP contribution in [-0.2, 0) is 4.74 Å². The van der Waals surface area contributed by atoms with Crippen LogP contribution in [0.15, 0.2) is 0 Å². The van der Waals surface area contributed by atoms with Crippen LogP contribution < -0.4 is 5.32 Å². The molecule has 0 aromatic carbocycles. The van der Waals surface area contributed by atoms with E-state index in [1.54, 1.807) is 0 Å². The predicted molar refractivity (Wildman–Crippen MR) is 68.8 cm³/mol. The molecule has 2 aliphatic heterocycles. The van der Waals surface area contributed by atoms with E-state index in [-0.39, 0.29) is 5.60 Å². The standard InChI is InChI=1S/C11H22N2O.C2H6/c1-10(2)13-7-8-14-11(9-13)3-5-12-6-4-11;1-2/h10,12H,3-9H2,1-2H3;1-2H3. The number of nitrogens with zero attached hydrogens (tertiary/aromatic N) is 1. The summed E-state index contributed by atoms with van der Waals surface area (Å²) in [5.74, 6) is 0. The maximum absolute atomic E-state index is 6.01. The van der Waals surface area contributed by atoms with E-state index >= 15 is 0 Å². The van der Waals surface area contributed by atoms with Gasteiger partial charge >= 0.3 is 0 Å². The van der Waals surface area contributed by atoms with Crippen LogP contribution in [0.5, 0.6) is 0 Å². The summed E-state index contributed by atoms with van der Waals surface area (Å²) in [7, 11) is 0. The summed E-state index contributed by atoms with van der Waals surface area (Å²) in [6.45, 7) is 13.9. The minimum atomic E-state index is 0.174. The summed E-state index contributed by atoms with van der Waals surface area (Å²) in [6.07, 6.45) is 2.35. The average molecular weight is 228 g/mol. The zero-order valence-electron chi connectivity index (χ0n) is 11.4. The summed E-state index contributed by atoms with van der Waals surface area (Å²) in [4.78, 5) is 2.55. The second-order valence-electron chi connectivity index (χ2n) is 4.85. The number of hydrogen-bond donors (Lipinski definition) is 1. The van der Waals surface area contributed by atoms with E-state index in [1.807, 2.05) is 13.8 Å². The molecular weight excluding hydrogens is 200 g/mol. The van der Waals surface area contributed by atoms with E-state index in [9.17, 15) is 0 Å². The molecule has 3 heteroatoms. The molecule has 0 radical (unpaired) electrons. The van der Waals surface area contributed by atoms with Crippen molar-refractivity contribution in [3.8, 4) is 0 Å². The Balaban J connectivity index is 0.000000606. The lowest BCUT2D eigenvalue weighted by Gasteiger charge is -2.46. The van der Waals surface area contributed by atoms with Gasteiger partial charge in [-0.1, -0.05) is 13.8 Å². The Hall–Kier alpha value is -0.120. The predicted octanol–water partition coefficient (Wildman–Crippen LogP) is 1.88. The van der Waals surface area contributed by atoms with Crippen LogP contribution in [0.4, 0.5) is 0 Å². The van der Waals surface area contributed by atoms with Crippen molar-refractivity contribution in [3.63, 3.8) is 0 Å². The van der Waals surface area contributed by atoms with E-state index < -0.39 is 0 Å². The molecule has 3 nitrogen and oxygen atoms in total. The molecule has 0 saturated carbocycles. The minimum Gasteiger partial charge on any atom is -0.372 e. The molecular formula is C13H28N2O. The topological polar surface area (TPSA) is 24.5 Å². The molecule has 2 heterocycles. The second-order valence-corrected chi connectivity index (χ2v) is 4.85. The van der Waals surface area contributed by atoms with Crippen molar-refractivity contribution in [3.05, 3.63) is 0 Å². The van der Waals surface area contributed by atoms with Crippen molar-refractivity contribution < 1.29 is 4.74 Å². The molecule has 2 aliphatic rings. The molecule has 1 N–H and O–H groups in total. The largest absolute Gasteiger partial charge is 0.372 e. The van der Waals surface area contributed by atoms with Gasteiger partial charge in [0.2, 0.25) is 0 Å². The van der Waals surface area contributed by atoms with Crippen molar-refractivity contribution in [1.29, 1.82) is 0 Å². The molecule has 2 saturated heterocycles. The molecule has 0 amide bonds. The fraction of sp³-hybridized carbons (Fsp3) is 1.00. The molecule has 0 aliphatic carbocycles. The van der Waals surface area contributed by atoms with Gasteiger partial charge in [0.1, 0.15) is 0 Å². The third kappa shape index (κ3) is 3.44. The Labute approximate surface area is 101 Å². The van der Waals surface area contributed by atoms with Crippen molar-refractivity contribution in [2.75, 3.05) is 32.8 Å². The van der Waals surface area contributed by atoms with Crippen LogP contribution in [0, 0.1) is 0 Å². The highest BCUT2D eigenvalue weighted by atomic mass is 16.5. The van der Waals surface area contributed by atoms with Gasteiger partial charge in [-0.2, -0.15) is 0 Å². The third-order valence-corrected chi connectivity index (χ3v) is 3.52. The summed E-state index contributed by atoms with van der Waals surface area (Å²) < 4.78 is 6.01. The molecule has 2 rings (SSSR count). The van der Waals surface area contributed by atoms with Gasteiger partial charge in [-0.15, -0.1) is 0 Å². The summed E-state index contributed by atoms with van der Waals surface area (Å²) in [6, 6.07) is 0.658. The minimum absolute atomic E-state index is 0.174. The van der Waals surface area contributed by atoms with Crippen LogP contribution in [0.1, 0.15) is 40.5 Å². The van der Waals surface area contributed by atoms with Crippen molar-refractivity contribution in [2.45, 2.75) is 52.2 Å². The van der Waals surface area contributed by atoms with Gasteiger partial charge in [0.25, 0.3) is 0 Å². The molecule has 0 aromatic rings. The fourth-order valence-electron chi connectivity index (χ4n) is 2.50. The Bertz CT molecular complexity index is 183. The lowest BCUT2D eigenvalue weighted by molar-refractivity contribution is -0.129. The van der Waals surface area contributed by atoms with Crippen LogP contribution in [0.25, 0.3) is 0 Å². The zero-order chi connectivity index (χ0) is 12.0. The summed E-state index contributed by atoms with van der Waals surface area (Å²) in [5.41, 5.74) is 0.174. The van der Waals surface area contributed by atoms with Crippen molar-refractivity contribution in [2.24, 2.45) is 0 Å². The first-order valence-corrected chi connectivity index (χ1v) is 6.81. The van der Waals surface area contributed by atoms with Crippen LogP contribution >= 0.6 is 0 Å². The van der Waals surface area contributed by atoms with E-state index in [4.69, 9.17) is 4.74 Å². The van der Waals surface area contributed by atoms with Crippen LogP contribution in [-0.4, -0.2) is 49.3 Å². The summed E-state index contributed by atoms with van der Waals surface area (Å²) >= 11 is 0. The lowest BCUT2D eigenvalue weighted by Crippen LogP contribution is -2.57. The van der Waals surface area contributed by atoms with Gasteiger partial charge in [-0.05, 0) is 39.8 Å². The highest BCUT2D eigenvalue weighted by Crippen LogP contribution is 2.28. The Morgan fingerprint density at radius 1 is 1.19 bits per heavy atom. The van der Waals surface area contributed by atoms with E-state index in [0.717, 1.165) is 32.8 Å². The van der Waals surface area contributed by atoms with Gasteiger partial charge in [0.05, 0.1) is 12.2 Å². The molecule has 0 unspecified atom stereocenters. The maximum atomic E-state index is 6.01. The third-order valence-electron chi connectivity index (χ3n) is 3.52. The van der Waals surface area contributed by atoms with E-state index in [0.29, 0.717) is 6.04 Å². The molecule has 0 aromatic heterocycles. The average Bonchev–Trinajstić information content (AvgIpc) is 2.33. The number of morpholine rings is 1. The highest BCUT2D eigenvalue weighted by molar-refractivity contribution is 4.92. The van der Waals surface area contributed by atoms with E-state index in [1.165, 1.54) is 12.8 Å². The lowest BCUT2D eigenvalue weighted by atomic mass is 9.90. The SMILES string of the molecule is CC.CC(C)N1CCOC2(CCNCC2)C1. The molecule has 16 heavy (non-hydrogen) atoms. The van der Waals surface area contributed by atoms with Crippen LogP contribution in [0.2, 0.25) is 0 Å². The van der Waals surface area contributed by atoms with Gasteiger partial charge in [-0.25, -0.2) is 0 Å². The van der Waals surface area contributed by atoms with E-state index in [2.05, 4.69) is 24.1 Å². The van der Waals surface area contributed by atoms with Crippen LogP contribution in [0.3, 0.4) is 0 Å². The quantitative estimate of drug-likeness (QED) is 0.741. The Morgan fingerprint density at radius 2 is 1.81 bits per heavy atom. The Morgan fingerprint density at radius 3 is 2.38 bits per heavy atom. The van der Waals surface area contributed by atoms with Crippen molar-refractivity contribution in [1.82, 2.24) is 10.2 Å². The normalized spacial score (nSPS) is 25.3. The highest BCUT2D eigenvalue weighted by Gasteiger charge is 2.38. The molecule has 0 bridgehead atoms. The van der Waals surface area contributed by atoms with Gasteiger partial charge < -0.3 is 10.1 Å². The number of ether oxygens (including phenoxy) is 1. The monoisotopic (exact) mass is 228 g/mol. The number of nitrogens with one attached hydrogen (secondary N) is 1.